The van der Waals surface area contributed by atoms with Crippen LogP contribution in [-0.2, 0) is 13.0 Å². The van der Waals surface area contributed by atoms with Crippen molar-refractivity contribution in [2.75, 3.05) is 6.54 Å². The Bertz CT molecular complexity index is 522. The maximum absolute atomic E-state index is 13.4. The molecule has 0 aliphatic rings. The zero-order valence-electron chi connectivity index (χ0n) is 10.0. The zero-order valence-corrected chi connectivity index (χ0v) is 10.8. The lowest BCUT2D eigenvalue weighted by Crippen LogP contribution is -2.28. The molecule has 0 aliphatic heterocycles. The molecule has 2 N–H and O–H groups in total. The van der Waals surface area contributed by atoms with E-state index in [1.165, 1.54) is 23.7 Å². The van der Waals surface area contributed by atoms with Crippen LogP contribution in [0.5, 0.6) is 0 Å². The van der Waals surface area contributed by atoms with Crippen LogP contribution < -0.4 is 5.32 Å². The second-order valence-corrected chi connectivity index (χ2v) is 4.73. The van der Waals surface area contributed by atoms with Crippen LogP contribution in [0.25, 0.3) is 0 Å². The minimum atomic E-state index is -0.744. The first kappa shape index (κ1) is 14.0. The van der Waals surface area contributed by atoms with Gasteiger partial charge in [-0.3, -0.25) is 0 Å². The van der Waals surface area contributed by atoms with Crippen LogP contribution in [0.15, 0.2) is 23.6 Å². The van der Waals surface area contributed by atoms with Gasteiger partial charge in [-0.15, -0.1) is 5.10 Å². The zero-order chi connectivity index (χ0) is 13.7. The smallest absolute Gasteiger partial charge is 0.129 e. The summed E-state index contributed by atoms with van der Waals surface area (Å²) >= 11 is 1.26. The number of hydrogen-bond acceptors (Lipinski definition) is 5. The molecule has 1 heterocycles. The molecular weight excluding hydrogens is 272 g/mol. The first-order chi connectivity index (χ1) is 9.15. The first-order valence-electron chi connectivity index (χ1n) is 5.74. The lowest BCUT2D eigenvalue weighted by Gasteiger charge is -2.11. The summed E-state index contributed by atoms with van der Waals surface area (Å²) < 4.78 is 29.8. The molecule has 0 spiro atoms. The number of nitrogens with zero attached hydrogens (tertiary/aromatic N) is 2. The van der Waals surface area contributed by atoms with Crippen LogP contribution in [0.3, 0.4) is 0 Å². The van der Waals surface area contributed by atoms with Gasteiger partial charge in [0.15, 0.2) is 0 Å². The van der Waals surface area contributed by atoms with E-state index in [2.05, 4.69) is 14.9 Å². The third kappa shape index (κ3) is 4.30. The quantitative estimate of drug-likeness (QED) is 0.844. The van der Waals surface area contributed by atoms with Crippen molar-refractivity contribution in [3.8, 4) is 0 Å². The summed E-state index contributed by atoms with van der Waals surface area (Å²) in [5.41, 5.74) is 1.09. The number of aliphatic hydroxyl groups excluding tert-OH is 1. The second-order valence-electron chi connectivity index (χ2n) is 4.12. The maximum atomic E-state index is 13.4. The van der Waals surface area contributed by atoms with Crippen molar-refractivity contribution in [3.63, 3.8) is 0 Å². The SMILES string of the molecule is O[C@@H](CNCc1csnn1)Cc1ccc(F)cc1F. The second kappa shape index (κ2) is 6.65. The summed E-state index contributed by atoms with van der Waals surface area (Å²) in [7, 11) is 0. The number of rotatable bonds is 6. The van der Waals surface area contributed by atoms with Gasteiger partial charge in [0.25, 0.3) is 0 Å². The maximum Gasteiger partial charge on any atom is 0.129 e. The molecule has 102 valence electrons. The molecule has 0 saturated carbocycles. The Hall–Kier alpha value is -1.44. The predicted molar refractivity (Wildman–Crippen MR) is 67.7 cm³/mol. The van der Waals surface area contributed by atoms with Crippen LogP contribution in [0.2, 0.25) is 0 Å². The highest BCUT2D eigenvalue weighted by Gasteiger charge is 2.10. The van der Waals surface area contributed by atoms with Crippen LogP contribution in [-0.4, -0.2) is 27.3 Å². The van der Waals surface area contributed by atoms with Crippen molar-refractivity contribution in [2.24, 2.45) is 0 Å². The molecule has 1 atom stereocenters. The Balaban J connectivity index is 1.79. The molecule has 2 aromatic rings. The lowest BCUT2D eigenvalue weighted by atomic mass is 10.1. The molecule has 19 heavy (non-hydrogen) atoms. The molecule has 0 fully saturated rings. The molecule has 0 bridgehead atoms. The van der Waals surface area contributed by atoms with E-state index in [0.29, 0.717) is 18.7 Å². The van der Waals surface area contributed by atoms with Crippen molar-refractivity contribution in [3.05, 3.63) is 46.5 Å². The summed E-state index contributed by atoms with van der Waals surface area (Å²) in [5.74, 6) is -1.26. The summed E-state index contributed by atoms with van der Waals surface area (Å²) in [6, 6.07) is 3.34. The molecule has 0 unspecified atom stereocenters. The van der Waals surface area contributed by atoms with E-state index in [1.54, 1.807) is 5.38 Å². The highest BCUT2D eigenvalue weighted by atomic mass is 32.1. The third-order valence-corrected chi connectivity index (χ3v) is 3.12. The fourth-order valence-electron chi connectivity index (χ4n) is 1.64. The van der Waals surface area contributed by atoms with E-state index in [-0.39, 0.29) is 6.42 Å². The van der Waals surface area contributed by atoms with Crippen molar-refractivity contribution < 1.29 is 13.9 Å². The van der Waals surface area contributed by atoms with Gasteiger partial charge in [-0.05, 0) is 23.2 Å². The van der Waals surface area contributed by atoms with Crippen molar-refractivity contribution in [2.45, 2.75) is 19.1 Å². The minimum Gasteiger partial charge on any atom is -0.391 e. The number of aromatic nitrogens is 2. The van der Waals surface area contributed by atoms with E-state index in [0.717, 1.165) is 11.8 Å². The lowest BCUT2D eigenvalue weighted by molar-refractivity contribution is 0.170. The molecule has 0 amide bonds. The normalized spacial score (nSPS) is 12.6. The van der Waals surface area contributed by atoms with Gasteiger partial charge >= 0.3 is 0 Å². The number of benzene rings is 1. The van der Waals surface area contributed by atoms with E-state index >= 15 is 0 Å². The van der Waals surface area contributed by atoms with Crippen LogP contribution in [0.4, 0.5) is 8.78 Å². The van der Waals surface area contributed by atoms with Crippen molar-refractivity contribution in [1.29, 1.82) is 0 Å². The van der Waals surface area contributed by atoms with E-state index in [9.17, 15) is 13.9 Å². The van der Waals surface area contributed by atoms with Gasteiger partial charge in [0.1, 0.15) is 11.6 Å². The number of halogens is 2. The largest absolute Gasteiger partial charge is 0.391 e. The Morgan fingerprint density at radius 3 is 2.89 bits per heavy atom. The van der Waals surface area contributed by atoms with E-state index in [1.807, 2.05) is 0 Å². The van der Waals surface area contributed by atoms with Crippen molar-refractivity contribution >= 4 is 11.5 Å². The van der Waals surface area contributed by atoms with Gasteiger partial charge in [0.2, 0.25) is 0 Å². The van der Waals surface area contributed by atoms with Crippen LogP contribution in [0.1, 0.15) is 11.3 Å². The number of hydrogen-bond donors (Lipinski definition) is 2. The first-order valence-corrected chi connectivity index (χ1v) is 6.57. The standard InChI is InChI=1S/C12H13F2N3OS/c13-9-2-1-8(12(14)4-9)3-11(18)6-15-5-10-7-19-17-16-10/h1-2,4,7,11,15,18H,3,5-6H2/t11-/m1/s1. The molecular formula is C12H13F2N3OS. The van der Waals surface area contributed by atoms with Crippen LogP contribution >= 0.6 is 11.5 Å². The Morgan fingerprint density at radius 1 is 1.37 bits per heavy atom. The van der Waals surface area contributed by atoms with Crippen LogP contribution in [0, 0.1) is 11.6 Å². The highest BCUT2D eigenvalue weighted by Crippen LogP contribution is 2.11. The summed E-state index contributed by atoms with van der Waals surface area (Å²) in [6.07, 6.45) is -0.611. The Morgan fingerprint density at radius 2 is 2.21 bits per heavy atom. The van der Waals surface area contributed by atoms with E-state index in [4.69, 9.17) is 0 Å². The molecule has 4 nitrogen and oxygen atoms in total. The molecule has 1 aromatic carbocycles. The van der Waals surface area contributed by atoms with E-state index < -0.39 is 17.7 Å². The summed E-state index contributed by atoms with van der Waals surface area (Å²) in [4.78, 5) is 0. The number of aliphatic hydroxyl groups is 1. The topological polar surface area (TPSA) is 58.0 Å². The summed E-state index contributed by atoms with van der Waals surface area (Å²) in [6.45, 7) is 0.799. The van der Waals surface area contributed by atoms with Gasteiger partial charge in [0, 0.05) is 31.0 Å². The minimum absolute atomic E-state index is 0.133. The molecule has 1 aromatic heterocycles. The van der Waals surface area contributed by atoms with Gasteiger partial charge < -0.3 is 10.4 Å². The molecule has 0 saturated heterocycles. The van der Waals surface area contributed by atoms with Crippen molar-refractivity contribution in [1.82, 2.24) is 14.9 Å². The predicted octanol–water partition coefficient (Wildman–Crippen LogP) is 1.51. The Kier molecular flexibility index (Phi) is 4.89. The molecule has 0 radical (unpaired) electrons. The molecule has 0 aliphatic carbocycles. The highest BCUT2D eigenvalue weighted by molar-refractivity contribution is 7.03. The monoisotopic (exact) mass is 285 g/mol. The van der Waals surface area contributed by atoms with Gasteiger partial charge in [-0.25, -0.2) is 8.78 Å². The Labute approximate surface area is 113 Å². The number of nitrogens with one attached hydrogen (secondary N) is 1. The van der Waals surface area contributed by atoms with Gasteiger partial charge in [-0.2, -0.15) is 0 Å². The third-order valence-electron chi connectivity index (χ3n) is 2.56. The summed E-state index contributed by atoms with van der Waals surface area (Å²) in [5, 5.41) is 18.4. The average Bonchev–Trinajstić information content (AvgIpc) is 2.86. The molecule has 7 heteroatoms. The fraction of sp³-hybridized carbons (Fsp3) is 0.333. The fourth-order valence-corrected chi connectivity index (χ4v) is 2.09. The molecule has 2 rings (SSSR count). The average molecular weight is 285 g/mol. The van der Waals surface area contributed by atoms with Gasteiger partial charge in [-0.1, -0.05) is 10.6 Å². The van der Waals surface area contributed by atoms with Gasteiger partial charge in [0.05, 0.1) is 11.8 Å².